The zero-order valence-electron chi connectivity index (χ0n) is 11.7. The fourth-order valence-corrected chi connectivity index (χ4v) is 2.49. The van der Waals surface area contributed by atoms with Crippen molar-refractivity contribution in [3.8, 4) is 0 Å². The van der Waals surface area contributed by atoms with E-state index in [0.717, 1.165) is 51.5 Å². The van der Waals surface area contributed by atoms with Gasteiger partial charge in [-0.1, -0.05) is 0 Å². The molecule has 0 aliphatic carbocycles. The Balaban J connectivity index is 1.99. The fraction of sp³-hybridized carbons (Fsp3) is 0.643. The lowest BCUT2D eigenvalue weighted by atomic mass is 10.3. The molecule has 1 aliphatic rings. The highest BCUT2D eigenvalue weighted by atomic mass is 16.3. The summed E-state index contributed by atoms with van der Waals surface area (Å²) >= 11 is 0. The summed E-state index contributed by atoms with van der Waals surface area (Å²) in [6.07, 6.45) is 3.00. The average molecular weight is 264 g/mol. The smallest absolute Gasteiger partial charge is 0.127 e. The molecular formula is C14H24N4O. The quantitative estimate of drug-likeness (QED) is 0.831. The lowest BCUT2D eigenvalue weighted by molar-refractivity contribution is 0.204. The maximum absolute atomic E-state index is 9.02. The largest absolute Gasteiger partial charge is 0.395 e. The average Bonchev–Trinajstić information content (AvgIpc) is 2.66. The Morgan fingerprint density at radius 3 is 3.00 bits per heavy atom. The van der Waals surface area contributed by atoms with Gasteiger partial charge in [-0.25, -0.2) is 4.98 Å². The highest BCUT2D eigenvalue weighted by molar-refractivity contribution is 5.53. The van der Waals surface area contributed by atoms with E-state index in [4.69, 9.17) is 5.11 Å². The van der Waals surface area contributed by atoms with Crippen LogP contribution in [0.5, 0.6) is 0 Å². The van der Waals surface area contributed by atoms with E-state index in [1.165, 1.54) is 5.69 Å². The van der Waals surface area contributed by atoms with Crippen LogP contribution in [0, 0.1) is 0 Å². The maximum atomic E-state index is 9.02. The zero-order chi connectivity index (χ0) is 13.5. The Hall–Kier alpha value is -1.33. The van der Waals surface area contributed by atoms with Crippen molar-refractivity contribution in [1.82, 2.24) is 9.88 Å². The summed E-state index contributed by atoms with van der Waals surface area (Å²) in [5, 5.41) is 12.3. The predicted octanol–water partition coefficient (Wildman–Crippen LogP) is 1.02. The molecule has 2 heterocycles. The molecule has 5 heteroatoms. The summed E-state index contributed by atoms with van der Waals surface area (Å²) in [6.45, 7) is 8.16. The molecule has 2 N–H and O–H groups in total. The third kappa shape index (κ3) is 4.08. The lowest BCUT2D eigenvalue weighted by Crippen LogP contribution is -2.32. The third-order valence-corrected chi connectivity index (χ3v) is 3.47. The summed E-state index contributed by atoms with van der Waals surface area (Å²) in [5.41, 5.74) is 1.23. The summed E-state index contributed by atoms with van der Waals surface area (Å²) in [4.78, 5) is 9.04. The van der Waals surface area contributed by atoms with Crippen LogP contribution in [-0.2, 0) is 0 Å². The van der Waals surface area contributed by atoms with Gasteiger partial charge in [0.1, 0.15) is 5.82 Å². The Bertz CT molecular complexity index is 385. The number of hydrogen-bond acceptors (Lipinski definition) is 5. The predicted molar refractivity (Wildman–Crippen MR) is 78.8 cm³/mol. The molecule has 106 valence electrons. The van der Waals surface area contributed by atoms with Crippen LogP contribution in [0.4, 0.5) is 11.5 Å². The van der Waals surface area contributed by atoms with Gasteiger partial charge in [0, 0.05) is 50.7 Å². The summed E-state index contributed by atoms with van der Waals surface area (Å²) < 4.78 is 0. The Kier molecular flexibility index (Phi) is 5.42. The van der Waals surface area contributed by atoms with Crippen molar-refractivity contribution in [3.63, 3.8) is 0 Å². The van der Waals surface area contributed by atoms with E-state index in [1.54, 1.807) is 0 Å². The van der Waals surface area contributed by atoms with E-state index < -0.39 is 0 Å². The van der Waals surface area contributed by atoms with Crippen LogP contribution in [-0.4, -0.2) is 60.9 Å². The van der Waals surface area contributed by atoms with Gasteiger partial charge in [-0.05, 0) is 26.0 Å². The van der Waals surface area contributed by atoms with Crippen LogP contribution in [0.25, 0.3) is 0 Å². The van der Waals surface area contributed by atoms with Crippen molar-refractivity contribution in [2.75, 3.05) is 56.1 Å². The normalized spacial score (nSPS) is 17.3. The lowest BCUT2D eigenvalue weighted by Gasteiger charge is -2.23. The van der Waals surface area contributed by atoms with Crippen molar-refractivity contribution in [3.05, 3.63) is 18.3 Å². The molecule has 0 radical (unpaired) electrons. The van der Waals surface area contributed by atoms with Crippen LogP contribution in [0.2, 0.25) is 0 Å². The first-order valence-electron chi connectivity index (χ1n) is 7.11. The summed E-state index contributed by atoms with van der Waals surface area (Å²) in [6, 6.07) is 4.19. The van der Waals surface area contributed by atoms with Crippen LogP contribution < -0.4 is 10.2 Å². The van der Waals surface area contributed by atoms with Gasteiger partial charge in [0.05, 0.1) is 6.61 Å². The van der Waals surface area contributed by atoms with Gasteiger partial charge in [0.15, 0.2) is 0 Å². The number of aliphatic hydroxyl groups is 1. The number of anilines is 2. The SMILES string of the molecule is CCNc1cc(N2CCCN(CCO)CC2)ccn1. The Morgan fingerprint density at radius 2 is 2.21 bits per heavy atom. The molecule has 1 aromatic heterocycles. The highest BCUT2D eigenvalue weighted by Crippen LogP contribution is 2.19. The zero-order valence-corrected chi connectivity index (χ0v) is 11.7. The minimum absolute atomic E-state index is 0.250. The second-order valence-corrected chi connectivity index (χ2v) is 4.84. The molecule has 0 unspecified atom stereocenters. The topological polar surface area (TPSA) is 51.6 Å². The Morgan fingerprint density at radius 1 is 1.32 bits per heavy atom. The number of hydrogen-bond donors (Lipinski definition) is 2. The van der Waals surface area contributed by atoms with E-state index in [2.05, 4.69) is 39.2 Å². The molecule has 2 rings (SSSR count). The van der Waals surface area contributed by atoms with Crippen LogP contribution in [0.1, 0.15) is 13.3 Å². The van der Waals surface area contributed by atoms with Crippen molar-refractivity contribution in [2.24, 2.45) is 0 Å². The van der Waals surface area contributed by atoms with E-state index in [1.807, 2.05) is 6.20 Å². The molecule has 19 heavy (non-hydrogen) atoms. The number of pyridine rings is 1. The first-order chi connectivity index (χ1) is 9.33. The number of aliphatic hydroxyl groups excluding tert-OH is 1. The molecule has 5 nitrogen and oxygen atoms in total. The van der Waals surface area contributed by atoms with E-state index in [0.29, 0.717) is 0 Å². The molecule has 1 aromatic rings. The van der Waals surface area contributed by atoms with Crippen molar-refractivity contribution in [2.45, 2.75) is 13.3 Å². The van der Waals surface area contributed by atoms with E-state index >= 15 is 0 Å². The first kappa shape index (κ1) is 14.1. The number of β-amino-alcohol motifs (C(OH)–C–C–N with tert-alkyl or cyclic N) is 1. The van der Waals surface area contributed by atoms with E-state index in [9.17, 15) is 0 Å². The molecule has 0 spiro atoms. The first-order valence-corrected chi connectivity index (χ1v) is 7.11. The van der Waals surface area contributed by atoms with Crippen molar-refractivity contribution >= 4 is 11.5 Å². The maximum Gasteiger partial charge on any atom is 0.127 e. The molecule has 1 fully saturated rings. The molecule has 0 bridgehead atoms. The molecule has 1 aliphatic heterocycles. The van der Waals surface area contributed by atoms with Crippen LogP contribution >= 0.6 is 0 Å². The standard InChI is InChI=1S/C14H24N4O/c1-2-15-14-12-13(4-5-16-14)18-7-3-6-17(8-9-18)10-11-19/h4-5,12,19H,2-3,6-11H2,1H3,(H,15,16). The summed E-state index contributed by atoms with van der Waals surface area (Å²) in [5.74, 6) is 0.941. The van der Waals surface area contributed by atoms with Crippen LogP contribution in [0.3, 0.4) is 0 Å². The van der Waals surface area contributed by atoms with Crippen LogP contribution in [0.15, 0.2) is 18.3 Å². The second-order valence-electron chi connectivity index (χ2n) is 4.84. The molecule has 0 aromatic carbocycles. The summed E-state index contributed by atoms with van der Waals surface area (Å²) in [7, 11) is 0. The van der Waals surface area contributed by atoms with Gasteiger partial charge in [0.2, 0.25) is 0 Å². The van der Waals surface area contributed by atoms with E-state index in [-0.39, 0.29) is 6.61 Å². The number of nitrogens with zero attached hydrogens (tertiary/aromatic N) is 3. The van der Waals surface area contributed by atoms with Gasteiger partial charge >= 0.3 is 0 Å². The van der Waals surface area contributed by atoms with Gasteiger partial charge in [-0.3, -0.25) is 4.90 Å². The van der Waals surface area contributed by atoms with Crippen molar-refractivity contribution < 1.29 is 5.11 Å². The number of rotatable bonds is 5. The van der Waals surface area contributed by atoms with Crippen molar-refractivity contribution in [1.29, 1.82) is 0 Å². The molecule has 0 amide bonds. The minimum Gasteiger partial charge on any atom is -0.395 e. The molecule has 0 saturated carbocycles. The third-order valence-electron chi connectivity index (χ3n) is 3.47. The second kappa shape index (κ2) is 7.31. The molecule has 0 atom stereocenters. The number of aromatic nitrogens is 1. The minimum atomic E-state index is 0.250. The van der Waals surface area contributed by atoms with Gasteiger partial charge in [-0.15, -0.1) is 0 Å². The van der Waals surface area contributed by atoms with Gasteiger partial charge < -0.3 is 15.3 Å². The molecule has 1 saturated heterocycles. The van der Waals surface area contributed by atoms with Gasteiger partial charge in [-0.2, -0.15) is 0 Å². The monoisotopic (exact) mass is 264 g/mol. The molecular weight excluding hydrogens is 240 g/mol. The fourth-order valence-electron chi connectivity index (χ4n) is 2.49. The Labute approximate surface area is 115 Å². The highest BCUT2D eigenvalue weighted by Gasteiger charge is 2.15. The number of nitrogens with one attached hydrogen (secondary N) is 1. The van der Waals surface area contributed by atoms with Gasteiger partial charge in [0.25, 0.3) is 0 Å².